The van der Waals surface area contributed by atoms with Crippen molar-refractivity contribution in [2.45, 2.75) is 37.9 Å². The van der Waals surface area contributed by atoms with E-state index in [1.165, 1.54) is 0 Å². The quantitative estimate of drug-likeness (QED) is 0.784. The summed E-state index contributed by atoms with van der Waals surface area (Å²) >= 11 is 0. The summed E-state index contributed by atoms with van der Waals surface area (Å²) in [7, 11) is -3.22. The van der Waals surface area contributed by atoms with E-state index < -0.39 is 15.1 Å². The molecule has 19 heavy (non-hydrogen) atoms. The number of carbonyl (C=O) groups is 1. The van der Waals surface area contributed by atoms with Crippen LogP contribution < -0.4 is 10.6 Å². The van der Waals surface area contributed by atoms with Crippen molar-refractivity contribution in [1.29, 1.82) is 0 Å². The molecular weight excluding hydrogens is 264 g/mol. The van der Waals surface area contributed by atoms with Gasteiger partial charge in [0.1, 0.15) is 5.25 Å². The van der Waals surface area contributed by atoms with Gasteiger partial charge in [0.15, 0.2) is 9.84 Å². The van der Waals surface area contributed by atoms with Crippen molar-refractivity contribution < 1.29 is 13.2 Å². The van der Waals surface area contributed by atoms with Crippen LogP contribution in [0.15, 0.2) is 0 Å². The molecule has 3 atom stereocenters. The Balaban J connectivity index is 1.86. The van der Waals surface area contributed by atoms with E-state index in [0.29, 0.717) is 31.2 Å². The molecule has 0 aromatic rings. The molecule has 0 bridgehead atoms. The summed E-state index contributed by atoms with van der Waals surface area (Å²) in [6, 6.07) is 0. The molecule has 2 rings (SSSR count). The second-order valence-corrected chi connectivity index (χ2v) is 8.13. The van der Waals surface area contributed by atoms with Crippen LogP contribution in [0.2, 0.25) is 0 Å². The summed E-state index contributed by atoms with van der Waals surface area (Å²) < 4.78 is 23.7. The molecule has 110 valence electrons. The Kier molecular flexibility index (Phi) is 4.84. The van der Waals surface area contributed by atoms with Gasteiger partial charge >= 0.3 is 0 Å². The number of hydrogen-bond donors (Lipinski definition) is 2. The van der Waals surface area contributed by atoms with Crippen LogP contribution in [0.4, 0.5) is 0 Å². The first kappa shape index (κ1) is 14.8. The van der Waals surface area contributed by atoms with Gasteiger partial charge in [-0.15, -0.1) is 0 Å². The molecule has 2 N–H and O–H groups in total. The van der Waals surface area contributed by atoms with Gasteiger partial charge in [0, 0.05) is 6.54 Å². The molecule has 0 aromatic carbocycles. The van der Waals surface area contributed by atoms with Crippen molar-refractivity contribution in [3.05, 3.63) is 0 Å². The highest BCUT2D eigenvalue weighted by molar-refractivity contribution is 7.92. The Bertz CT molecular complexity index is 422. The van der Waals surface area contributed by atoms with E-state index >= 15 is 0 Å². The molecule has 5 nitrogen and oxygen atoms in total. The minimum atomic E-state index is -3.22. The molecule has 1 amide bonds. The molecule has 2 fully saturated rings. The normalized spacial score (nSPS) is 34.7. The van der Waals surface area contributed by atoms with Gasteiger partial charge in [0.25, 0.3) is 0 Å². The standard InChI is InChI=1S/C13H24N2O3S/c1-10-5-6-14-8-11(10)9-15-13(16)12-4-2-3-7-19(12,17)18/h10-12,14H,2-9H2,1H3,(H,15,16). The van der Waals surface area contributed by atoms with Crippen molar-refractivity contribution in [3.8, 4) is 0 Å². The number of hydrogen-bond acceptors (Lipinski definition) is 4. The topological polar surface area (TPSA) is 75.3 Å². The van der Waals surface area contributed by atoms with Crippen molar-refractivity contribution in [1.82, 2.24) is 10.6 Å². The zero-order chi connectivity index (χ0) is 13.9. The van der Waals surface area contributed by atoms with Gasteiger partial charge in [0.05, 0.1) is 5.75 Å². The molecule has 2 heterocycles. The summed E-state index contributed by atoms with van der Waals surface area (Å²) in [5.74, 6) is 0.845. The molecule has 0 aliphatic carbocycles. The zero-order valence-electron chi connectivity index (χ0n) is 11.5. The van der Waals surface area contributed by atoms with Crippen LogP contribution in [0, 0.1) is 11.8 Å². The SMILES string of the molecule is CC1CCNCC1CNC(=O)C1CCCCS1(=O)=O. The minimum absolute atomic E-state index is 0.159. The Hall–Kier alpha value is -0.620. The monoisotopic (exact) mass is 288 g/mol. The Labute approximate surface area is 115 Å². The van der Waals surface area contributed by atoms with Gasteiger partial charge < -0.3 is 10.6 Å². The smallest absolute Gasteiger partial charge is 0.238 e. The molecule has 0 radical (unpaired) electrons. The Morgan fingerprint density at radius 1 is 1.32 bits per heavy atom. The predicted octanol–water partition coefficient (Wildman–Crippen LogP) is 0.316. The molecule has 6 heteroatoms. The van der Waals surface area contributed by atoms with E-state index in [9.17, 15) is 13.2 Å². The van der Waals surface area contributed by atoms with Crippen LogP contribution in [0.5, 0.6) is 0 Å². The molecule has 0 spiro atoms. The van der Waals surface area contributed by atoms with Crippen LogP contribution in [-0.2, 0) is 14.6 Å². The summed E-state index contributed by atoms with van der Waals surface area (Å²) in [5.41, 5.74) is 0. The average Bonchev–Trinajstić information content (AvgIpc) is 2.37. The van der Waals surface area contributed by atoms with Gasteiger partial charge in [0.2, 0.25) is 5.91 Å². The third-order valence-electron chi connectivity index (χ3n) is 4.40. The molecule has 3 unspecified atom stereocenters. The van der Waals surface area contributed by atoms with Crippen molar-refractivity contribution in [3.63, 3.8) is 0 Å². The third kappa shape index (κ3) is 3.69. The minimum Gasteiger partial charge on any atom is -0.355 e. The van der Waals surface area contributed by atoms with E-state index in [-0.39, 0.29) is 11.7 Å². The number of sulfone groups is 1. The lowest BCUT2D eigenvalue weighted by Crippen LogP contribution is -2.47. The van der Waals surface area contributed by atoms with Crippen molar-refractivity contribution >= 4 is 15.7 Å². The first-order valence-corrected chi connectivity index (χ1v) is 8.92. The summed E-state index contributed by atoms with van der Waals surface area (Å²) in [6.07, 6.45) is 3.11. The van der Waals surface area contributed by atoms with E-state index in [4.69, 9.17) is 0 Å². The molecule has 0 aromatic heterocycles. The van der Waals surface area contributed by atoms with Crippen molar-refractivity contribution in [2.75, 3.05) is 25.4 Å². The number of amides is 1. The summed E-state index contributed by atoms with van der Waals surface area (Å²) in [4.78, 5) is 12.1. The number of rotatable bonds is 3. The van der Waals surface area contributed by atoms with E-state index in [0.717, 1.165) is 25.9 Å². The van der Waals surface area contributed by atoms with Gasteiger partial charge in [-0.2, -0.15) is 0 Å². The lowest BCUT2D eigenvalue weighted by Gasteiger charge is -2.30. The van der Waals surface area contributed by atoms with Crippen LogP contribution >= 0.6 is 0 Å². The van der Waals surface area contributed by atoms with Crippen LogP contribution in [0.3, 0.4) is 0 Å². The highest BCUT2D eigenvalue weighted by Gasteiger charge is 2.35. The highest BCUT2D eigenvalue weighted by Crippen LogP contribution is 2.21. The second kappa shape index (κ2) is 6.22. The van der Waals surface area contributed by atoms with Crippen LogP contribution in [0.1, 0.15) is 32.6 Å². The first-order valence-electron chi connectivity index (χ1n) is 7.20. The maximum Gasteiger partial charge on any atom is 0.238 e. The molecule has 2 saturated heterocycles. The van der Waals surface area contributed by atoms with Gasteiger partial charge in [-0.3, -0.25) is 4.79 Å². The Morgan fingerprint density at radius 3 is 2.79 bits per heavy atom. The first-order chi connectivity index (χ1) is 9.00. The van der Waals surface area contributed by atoms with Gasteiger partial charge in [-0.25, -0.2) is 8.42 Å². The van der Waals surface area contributed by atoms with Gasteiger partial charge in [-0.05, 0) is 44.2 Å². The van der Waals surface area contributed by atoms with E-state index in [1.807, 2.05) is 0 Å². The lowest BCUT2D eigenvalue weighted by molar-refractivity contribution is -0.121. The maximum atomic E-state index is 12.1. The maximum absolute atomic E-state index is 12.1. The fraction of sp³-hybridized carbons (Fsp3) is 0.923. The number of piperidine rings is 1. The largest absolute Gasteiger partial charge is 0.355 e. The predicted molar refractivity (Wildman–Crippen MR) is 74.6 cm³/mol. The average molecular weight is 288 g/mol. The fourth-order valence-corrected chi connectivity index (χ4v) is 4.75. The zero-order valence-corrected chi connectivity index (χ0v) is 12.3. The number of nitrogens with one attached hydrogen (secondary N) is 2. The Morgan fingerprint density at radius 2 is 2.11 bits per heavy atom. The summed E-state index contributed by atoms with van der Waals surface area (Å²) in [6.45, 7) is 4.70. The number of carbonyl (C=O) groups excluding carboxylic acids is 1. The fourth-order valence-electron chi connectivity index (χ4n) is 2.92. The van der Waals surface area contributed by atoms with Crippen LogP contribution in [-0.4, -0.2) is 45.0 Å². The molecule has 2 aliphatic heterocycles. The molecule has 2 aliphatic rings. The highest BCUT2D eigenvalue weighted by atomic mass is 32.2. The third-order valence-corrected chi connectivity index (χ3v) is 6.57. The van der Waals surface area contributed by atoms with Crippen molar-refractivity contribution in [2.24, 2.45) is 11.8 Å². The van der Waals surface area contributed by atoms with E-state index in [2.05, 4.69) is 17.6 Å². The van der Waals surface area contributed by atoms with Crippen LogP contribution in [0.25, 0.3) is 0 Å². The molecular formula is C13H24N2O3S. The van der Waals surface area contributed by atoms with E-state index in [1.54, 1.807) is 0 Å². The molecule has 0 saturated carbocycles. The summed E-state index contributed by atoms with van der Waals surface area (Å²) in [5, 5.41) is 5.35. The second-order valence-electron chi connectivity index (χ2n) is 5.83. The lowest BCUT2D eigenvalue weighted by atomic mass is 9.88. The van der Waals surface area contributed by atoms with Gasteiger partial charge in [-0.1, -0.05) is 13.3 Å².